The molecule has 2 unspecified atom stereocenters. The summed E-state index contributed by atoms with van der Waals surface area (Å²) in [4.78, 5) is 55.8. The first-order chi connectivity index (χ1) is 30.1. The van der Waals surface area contributed by atoms with Crippen LogP contribution in [0.5, 0.6) is 0 Å². The van der Waals surface area contributed by atoms with Crippen LogP contribution in [0.3, 0.4) is 0 Å². The first kappa shape index (κ1) is 45.6. The number of aromatic nitrogens is 6. The number of nitrogens with two attached hydrogens (primary N) is 1. The van der Waals surface area contributed by atoms with Crippen LogP contribution < -0.4 is 26.9 Å². The quantitative estimate of drug-likeness (QED) is 0.165. The van der Waals surface area contributed by atoms with Gasteiger partial charge in [0.25, 0.3) is 0 Å². The maximum absolute atomic E-state index is 13.0. The minimum atomic E-state index is -5.08. The van der Waals surface area contributed by atoms with Crippen molar-refractivity contribution in [3.8, 4) is 0 Å². The zero-order valence-corrected chi connectivity index (χ0v) is 35.4. The zero-order valence-electron chi connectivity index (χ0n) is 35.4. The zero-order chi connectivity index (χ0) is 45.4. The topological polar surface area (TPSA) is 158 Å². The number of alkyl halides is 3. The maximum atomic E-state index is 13.0. The number of fused-ring (bicyclic) bond motifs is 2. The molecule has 63 heavy (non-hydrogen) atoms. The van der Waals surface area contributed by atoms with E-state index in [-0.39, 0.29) is 17.4 Å². The van der Waals surface area contributed by atoms with E-state index in [0.29, 0.717) is 41.7 Å². The van der Waals surface area contributed by atoms with Crippen LogP contribution in [0.4, 0.5) is 35.9 Å². The number of para-hydroxylation sites is 2. The van der Waals surface area contributed by atoms with Crippen LogP contribution in [0.15, 0.2) is 82.6 Å². The van der Waals surface area contributed by atoms with Crippen molar-refractivity contribution in [3.05, 3.63) is 128 Å². The van der Waals surface area contributed by atoms with E-state index in [1.165, 1.54) is 12.8 Å². The number of carboxylic acids is 1. The van der Waals surface area contributed by atoms with Crippen LogP contribution in [0.25, 0.3) is 32.0 Å². The van der Waals surface area contributed by atoms with E-state index in [1.807, 2.05) is 48.5 Å². The number of hydrogen-bond donors (Lipinski definition) is 2. The second-order valence-corrected chi connectivity index (χ2v) is 15.9. The molecule has 330 valence electrons. The molecular weight excluding hydrogens is 816 g/mol. The number of hydrogen-bond acceptors (Lipinski definition) is 8. The van der Waals surface area contributed by atoms with Gasteiger partial charge in [0.05, 0.1) is 24.5 Å². The lowest BCUT2D eigenvalue weighted by Crippen LogP contribution is -2.36. The summed E-state index contributed by atoms with van der Waals surface area (Å²) < 4.78 is 38.4. The molecule has 2 fully saturated rings. The SMILES string of the molecule is O=C(O)C(F)(F)F.[C-]#[N+]c1ccccc1Cn1c(=O)n(C)c2nccc(N3CCCCC(C)C3)c21.[C-]#[N+]c1ccccc1Cn1c(=O)n(C)c2nccc(N3CCCCC(N)C3)c21. The molecule has 2 saturated heterocycles. The molecular formula is C45H50F3N11O4. The van der Waals surface area contributed by atoms with Gasteiger partial charge in [-0.05, 0) is 54.9 Å². The largest absolute Gasteiger partial charge is 0.490 e. The molecule has 2 aliphatic heterocycles. The molecule has 0 saturated carbocycles. The highest BCUT2D eigenvalue weighted by Crippen LogP contribution is 2.31. The Hall–Kier alpha value is -6.92. The lowest BCUT2D eigenvalue weighted by molar-refractivity contribution is -0.192. The molecule has 4 aromatic heterocycles. The predicted molar refractivity (Wildman–Crippen MR) is 237 cm³/mol. The Morgan fingerprint density at radius 3 is 1.62 bits per heavy atom. The number of nitrogens with zero attached hydrogens (tertiary/aromatic N) is 10. The van der Waals surface area contributed by atoms with Crippen LogP contribution in [-0.4, -0.2) is 77.7 Å². The Labute approximate surface area is 362 Å². The molecule has 0 spiro atoms. The molecule has 2 aliphatic rings. The van der Waals surface area contributed by atoms with Crippen molar-refractivity contribution in [1.82, 2.24) is 28.2 Å². The molecule has 6 aromatic rings. The van der Waals surface area contributed by atoms with Gasteiger partial charge in [-0.1, -0.05) is 68.3 Å². The Morgan fingerprint density at radius 1 is 0.746 bits per heavy atom. The number of carbonyl (C=O) groups is 1. The Balaban J connectivity index is 0.000000182. The van der Waals surface area contributed by atoms with Gasteiger partial charge in [0, 0.05) is 71.8 Å². The van der Waals surface area contributed by atoms with E-state index in [0.717, 1.165) is 85.4 Å². The van der Waals surface area contributed by atoms with Gasteiger partial charge in [-0.3, -0.25) is 18.3 Å². The molecule has 15 nitrogen and oxygen atoms in total. The summed E-state index contributed by atoms with van der Waals surface area (Å²) in [6.07, 6.45) is 5.32. The van der Waals surface area contributed by atoms with Crippen molar-refractivity contribution in [1.29, 1.82) is 0 Å². The smallest absolute Gasteiger partial charge is 0.475 e. The predicted octanol–water partition coefficient (Wildman–Crippen LogP) is 7.25. The molecule has 6 heterocycles. The summed E-state index contributed by atoms with van der Waals surface area (Å²) in [5.74, 6) is -2.13. The standard InChI is InChI=1S/C22H25N5O.C21H24N6O.C2HF3O2/c1-16-8-6-7-13-26(14-16)19-11-12-24-21-20(19)27(22(28)25(21)3)15-17-9-4-5-10-18(17)23-2;1-23-17-9-4-3-7-15(17)13-27-19-18(26-12-6-5-8-16(22)14-26)10-11-24-20(19)25(2)21(27)28;3-2(4,5)1(6)7/h4-5,9-12,16H,6-8,13-15H2,1,3H3;3-4,7,9-11,16H,5-6,8,12-14,22H2,2H3;(H,6,7). The fourth-order valence-corrected chi connectivity index (χ4v) is 8.23. The minimum Gasteiger partial charge on any atom is -0.475 e. The number of benzene rings is 2. The summed E-state index contributed by atoms with van der Waals surface area (Å²) in [6, 6.07) is 19.0. The van der Waals surface area contributed by atoms with Gasteiger partial charge < -0.3 is 20.6 Å². The minimum absolute atomic E-state index is 0.0994. The summed E-state index contributed by atoms with van der Waals surface area (Å²) in [7, 11) is 3.51. The second-order valence-electron chi connectivity index (χ2n) is 15.9. The first-order valence-electron chi connectivity index (χ1n) is 20.7. The van der Waals surface area contributed by atoms with Gasteiger partial charge in [0.15, 0.2) is 22.7 Å². The van der Waals surface area contributed by atoms with Gasteiger partial charge >= 0.3 is 23.5 Å². The Bertz CT molecular complexity index is 2620. The highest BCUT2D eigenvalue weighted by molar-refractivity contribution is 5.88. The fourth-order valence-electron chi connectivity index (χ4n) is 8.23. The summed E-state index contributed by atoms with van der Waals surface area (Å²) >= 11 is 0. The third-order valence-corrected chi connectivity index (χ3v) is 11.4. The average molecular weight is 866 g/mol. The fraction of sp³-hybridized carbons (Fsp3) is 0.400. The molecule has 2 aromatic carbocycles. The second kappa shape index (κ2) is 19.9. The summed E-state index contributed by atoms with van der Waals surface area (Å²) in [5.41, 5.74) is 13.9. The van der Waals surface area contributed by atoms with Gasteiger partial charge in [0.1, 0.15) is 11.0 Å². The number of pyridine rings is 2. The Kier molecular flexibility index (Phi) is 14.4. The molecule has 0 aliphatic carbocycles. The number of imidazole rings is 2. The van der Waals surface area contributed by atoms with Crippen LogP contribution in [-0.2, 0) is 32.0 Å². The summed E-state index contributed by atoms with van der Waals surface area (Å²) in [5, 5.41) is 7.12. The van der Waals surface area contributed by atoms with Crippen LogP contribution in [0.2, 0.25) is 0 Å². The molecule has 3 N–H and O–H groups in total. The Morgan fingerprint density at radius 2 is 1.17 bits per heavy atom. The molecule has 0 radical (unpaired) electrons. The van der Waals surface area contributed by atoms with Crippen molar-refractivity contribution >= 4 is 51.0 Å². The van der Waals surface area contributed by atoms with Crippen molar-refractivity contribution in [2.24, 2.45) is 25.7 Å². The molecule has 8 rings (SSSR count). The van der Waals surface area contributed by atoms with E-state index in [9.17, 15) is 22.8 Å². The van der Waals surface area contributed by atoms with Crippen molar-refractivity contribution in [3.63, 3.8) is 0 Å². The monoisotopic (exact) mass is 865 g/mol. The number of aliphatic carboxylic acids is 1. The third-order valence-electron chi connectivity index (χ3n) is 11.4. The van der Waals surface area contributed by atoms with Crippen LogP contribution >= 0.6 is 0 Å². The average Bonchev–Trinajstić information content (AvgIpc) is 3.45. The number of anilines is 2. The number of aryl methyl sites for hydroxylation is 2. The van der Waals surface area contributed by atoms with E-state index in [1.54, 1.807) is 56.9 Å². The van der Waals surface area contributed by atoms with Crippen LogP contribution in [0.1, 0.15) is 56.6 Å². The van der Waals surface area contributed by atoms with Crippen molar-refractivity contribution < 1.29 is 23.1 Å². The number of carboxylic acid groups (broad SMARTS) is 1. The van der Waals surface area contributed by atoms with E-state index in [2.05, 4.69) is 36.4 Å². The van der Waals surface area contributed by atoms with E-state index < -0.39 is 12.1 Å². The van der Waals surface area contributed by atoms with Gasteiger partial charge in [-0.15, -0.1) is 0 Å². The third kappa shape index (κ3) is 10.2. The van der Waals surface area contributed by atoms with E-state index in [4.69, 9.17) is 28.8 Å². The summed E-state index contributed by atoms with van der Waals surface area (Å²) in [6.45, 7) is 21.5. The van der Waals surface area contributed by atoms with Crippen molar-refractivity contribution in [2.45, 2.75) is 70.8 Å². The lowest BCUT2D eigenvalue weighted by Gasteiger charge is -2.26. The number of halogens is 3. The lowest BCUT2D eigenvalue weighted by atomic mass is 10.1. The molecule has 0 bridgehead atoms. The van der Waals surface area contributed by atoms with E-state index >= 15 is 0 Å². The van der Waals surface area contributed by atoms with Gasteiger partial charge in [0.2, 0.25) is 0 Å². The first-order valence-corrected chi connectivity index (χ1v) is 20.7. The molecule has 2 atom stereocenters. The normalized spacial score (nSPS) is 16.8. The molecule has 18 heteroatoms. The van der Waals surface area contributed by atoms with Gasteiger partial charge in [-0.2, -0.15) is 13.2 Å². The maximum Gasteiger partial charge on any atom is 0.490 e. The van der Waals surface area contributed by atoms with Crippen LogP contribution in [0, 0.1) is 19.1 Å². The molecule has 0 amide bonds. The van der Waals surface area contributed by atoms with Crippen molar-refractivity contribution in [2.75, 3.05) is 36.0 Å². The number of rotatable bonds is 6. The highest BCUT2D eigenvalue weighted by Gasteiger charge is 2.38. The highest BCUT2D eigenvalue weighted by atomic mass is 19.4. The van der Waals surface area contributed by atoms with Gasteiger partial charge in [-0.25, -0.2) is 34.0 Å².